The predicted octanol–water partition coefficient (Wildman–Crippen LogP) is 5.00. The maximum Gasteiger partial charge on any atom is 0.266 e. The van der Waals surface area contributed by atoms with Gasteiger partial charge in [-0.2, -0.15) is 0 Å². The lowest BCUT2D eigenvalue weighted by atomic mass is 10.2. The second-order valence-electron chi connectivity index (χ2n) is 6.80. The fourth-order valence-corrected chi connectivity index (χ4v) is 4.41. The molecule has 2 aliphatic rings. The first-order valence-corrected chi connectivity index (χ1v) is 10.7. The van der Waals surface area contributed by atoms with Crippen molar-refractivity contribution in [1.29, 1.82) is 0 Å². The molecule has 5 rings (SSSR count). The van der Waals surface area contributed by atoms with Crippen LogP contribution in [0.3, 0.4) is 0 Å². The van der Waals surface area contributed by atoms with E-state index < -0.39 is 0 Å². The van der Waals surface area contributed by atoms with Crippen LogP contribution in [-0.2, 0) is 11.3 Å². The summed E-state index contributed by atoms with van der Waals surface area (Å²) in [6.45, 7) is 0.590. The van der Waals surface area contributed by atoms with Crippen molar-refractivity contribution in [2.75, 3.05) is 6.79 Å². The molecular weight excluding hydrogens is 432 g/mol. The summed E-state index contributed by atoms with van der Waals surface area (Å²) in [5.41, 5.74) is 1.72. The number of ether oxygens (including phenoxy) is 3. The van der Waals surface area contributed by atoms with Crippen molar-refractivity contribution in [2.24, 2.45) is 0 Å². The zero-order valence-electron chi connectivity index (χ0n) is 16.2. The van der Waals surface area contributed by atoms with E-state index in [9.17, 15) is 4.79 Å². The van der Waals surface area contributed by atoms with E-state index in [2.05, 4.69) is 4.98 Å². The molecule has 3 aromatic rings. The summed E-state index contributed by atoms with van der Waals surface area (Å²) < 4.78 is 17.0. The summed E-state index contributed by atoms with van der Waals surface area (Å²) in [5, 5.41) is 0. The van der Waals surface area contributed by atoms with Crippen LogP contribution in [0, 0.1) is 0 Å². The summed E-state index contributed by atoms with van der Waals surface area (Å²) in [7, 11) is 0. The Morgan fingerprint density at radius 3 is 2.74 bits per heavy atom. The van der Waals surface area contributed by atoms with Gasteiger partial charge in [0.2, 0.25) is 12.7 Å². The number of thiocarbonyl (C=S) groups is 1. The van der Waals surface area contributed by atoms with E-state index in [-0.39, 0.29) is 12.7 Å². The zero-order chi connectivity index (χ0) is 21.2. The molecule has 1 fully saturated rings. The number of nitrogens with zero attached hydrogens (tertiary/aromatic N) is 2. The smallest absolute Gasteiger partial charge is 0.266 e. The van der Waals surface area contributed by atoms with E-state index in [0.717, 1.165) is 11.1 Å². The Balaban J connectivity index is 1.28. The molecule has 8 heteroatoms. The number of para-hydroxylation sites is 1. The van der Waals surface area contributed by atoms with Crippen LogP contribution in [-0.4, -0.2) is 26.9 Å². The molecular formula is C23H16N2O4S2. The number of rotatable bonds is 5. The number of hydrogen-bond donors (Lipinski definition) is 0. The van der Waals surface area contributed by atoms with Crippen molar-refractivity contribution in [2.45, 2.75) is 6.54 Å². The number of amides is 1. The molecule has 0 unspecified atom stereocenters. The van der Waals surface area contributed by atoms with Gasteiger partial charge in [0, 0.05) is 12.3 Å². The Hall–Kier alpha value is -3.36. The zero-order valence-corrected chi connectivity index (χ0v) is 17.8. The van der Waals surface area contributed by atoms with Crippen LogP contribution >= 0.6 is 24.0 Å². The topological polar surface area (TPSA) is 60.9 Å². The molecule has 0 saturated carbocycles. The Morgan fingerprint density at radius 1 is 1.10 bits per heavy atom. The minimum Gasteiger partial charge on any atom is -0.454 e. The maximum atomic E-state index is 12.9. The number of benzene rings is 2. The largest absolute Gasteiger partial charge is 0.454 e. The summed E-state index contributed by atoms with van der Waals surface area (Å²) in [6, 6.07) is 18.7. The molecule has 0 radical (unpaired) electrons. The van der Waals surface area contributed by atoms with Crippen LogP contribution in [0.1, 0.15) is 11.1 Å². The molecule has 2 aliphatic heterocycles. The maximum absolute atomic E-state index is 12.9. The van der Waals surface area contributed by atoms with Crippen molar-refractivity contribution < 1.29 is 19.0 Å². The van der Waals surface area contributed by atoms with Gasteiger partial charge in [0.25, 0.3) is 5.91 Å². The lowest BCUT2D eigenvalue weighted by Crippen LogP contribution is -2.27. The Bertz CT molecular complexity index is 1180. The van der Waals surface area contributed by atoms with E-state index in [0.29, 0.717) is 38.9 Å². The van der Waals surface area contributed by atoms with Crippen molar-refractivity contribution in [1.82, 2.24) is 9.88 Å². The summed E-state index contributed by atoms with van der Waals surface area (Å²) >= 11 is 6.72. The lowest BCUT2D eigenvalue weighted by molar-refractivity contribution is -0.122. The van der Waals surface area contributed by atoms with E-state index in [1.54, 1.807) is 23.2 Å². The van der Waals surface area contributed by atoms with Gasteiger partial charge in [-0.3, -0.25) is 9.69 Å². The van der Waals surface area contributed by atoms with Gasteiger partial charge in [0.15, 0.2) is 11.5 Å². The van der Waals surface area contributed by atoms with E-state index in [1.165, 1.54) is 11.8 Å². The van der Waals surface area contributed by atoms with E-state index in [1.807, 2.05) is 54.6 Å². The van der Waals surface area contributed by atoms with Crippen molar-refractivity contribution in [3.63, 3.8) is 0 Å². The molecule has 3 heterocycles. The molecule has 0 N–H and O–H groups in total. The second-order valence-corrected chi connectivity index (χ2v) is 8.48. The van der Waals surface area contributed by atoms with E-state index >= 15 is 0 Å². The van der Waals surface area contributed by atoms with Crippen LogP contribution in [0.15, 0.2) is 71.8 Å². The number of aromatic nitrogens is 1. The minimum absolute atomic E-state index is 0.128. The fourth-order valence-electron chi connectivity index (χ4n) is 3.16. The molecule has 0 spiro atoms. The highest BCUT2D eigenvalue weighted by atomic mass is 32.2. The van der Waals surface area contributed by atoms with Crippen LogP contribution < -0.4 is 14.2 Å². The third-order valence-electron chi connectivity index (χ3n) is 4.67. The van der Waals surface area contributed by atoms with E-state index in [4.69, 9.17) is 26.4 Å². The van der Waals surface area contributed by atoms with Crippen LogP contribution in [0.2, 0.25) is 0 Å². The number of carbonyl (C=O) groups is 1. The monoisotopic (exact) mass is 448 g/mol. The third-order valence-corrected chi connectivity index (χ3v) is 6.05. The van der Waals surface area contributed by atoms with Gasteiger partial charge >= 0.3 is 0 Å². The number of fused-ring (bicyclic) bond motifs is 1. The van der Waals surface area contributed by atoms with Gasteiger partial charge in [0.05, 0.1) is 11.4 Å². The highest BCUT2D eigenvalue weighted by Gasteiger charge is 2.32. The average molecular weight is 449 g/mol. The number of carbonyl (C=O) groups excluding carboxylic acids is 1. The lowest BCUT2D eigenvalue weighted by Gasteiger charge is -2.14. The molecule has 31 heavy (non-hydrogen) atoms. The standard InChI is InChI=1S/C23H16N2O4S2/c26-22-20(11-15-7-9-21(24-12-15)29-17-4-2-1-3-5-17)31-23(30)25(22)13-16-6-8-18-19(10-16)28-14-27-18/h1-12H,13-14H2/b20-11+. The van der Waals surface area contributed by atoms with Gasteiger partial charge < -0.3 is 14.2 Å². The van der Waals surface area contributed by atoms with Gasteiger partial charge in [0.1, 0.15) is 10.1 Å². The summed E-state index contributed by atoms with van der Waals surface area (Å²) in [5.74, 6) is 2.46. The molecule has 0 atom stereocenters. The molecule has 1 amide bonds. The van der Waals surface area contributed by atoms with Crippen molar-refractivity contribution >= 4 is 40.3 Å². The SMILES string of the molecule is O=C1/C(=C\c2ccc(Oc3ccccc3)nc2)SC(=S)N1Cc1ccc2c(c1)OCO2. The summed E-state index contributed by atoms with van der Waals surface area (Å²) in [6.07, 6.45) is 3.46. The van der Waals surface area contributed by atoms with Gasteiger partial charge in [-0.1, -0.05) is 48.2 Å². The number of pyridine rings is 1. The minimum atomic E-state index is -0.128. The normalized spacial score (nSPS) is 16.3. The molecule has 0 aliphatic carbocycles. The van der Waals surface area contributed by atoms with Gasteiger partial charge in [-0.25, -0.2) is 4.98 Å². The van der Waals surface area contributed by atoms with Gasteiger partial charge in [-0.15, -0.1) is 0 Å². The Labute approximate surface area is 188 Å². The molecule has 2 aromatic carbocycles. The Kier molecular flexibility index (Phi) is 5.31. The van der Waals surface area contributed by atoms with Crippen LogP contribution in [0.25, 0.3) is 6.08 Å². The first-order valence-electron chi connectivity index (χ1n) is 9.48. The molecule has 154 valence electrons. The number of hydrogen-bond acceptors (Lipinski definition) is 7. The highest BCUT2D eigenvalue weighted by molar-refractivity contribution is 8.26. The third kappa shape index (κ3) is 4.26. The quantitative estimate of drug-likeness (QED) is 0.402. The fraction of sp³-hybridized carbons (Fsp3) is 0.0870. The number of thioether (sulfide) groups is 1. The van der Waals surface area contributed by atoms with Gasteiger partial charge in [-0.05, 0) is 47.5 Å². The molecule has 6 nitrogen and oxygen atoms in total. The first-order chi connectivity index (χ1) is 15.2. The summed E-state index contributed by atoms with van der Waals surface area (Å²) in [4.78, 5) is 19.4. The Morgan fingerprint density at radius 2 is 1.94 bits per heavy atom. The van der Waals surface area contributed by atoms with Crippen molar-refractivity contribution in [3.05, 3.63) is 82.9 Å². The first kappa shape index (κ1) is 19.6. The predicted molar refractivity (Wildman–Crippen MR) is 122 cm³/mol. The van der Waals surface area contributed by atoms with Crippen LogP contribution in [0.4, 0.5) is 0 Å². The van der Waals surface area contributed by atoms with Crippen LogP contribution in [0.5, 0.6) is 23.1 Å². The van der Waals surface area contributed by atoms with Crippen molar-refractivity contribution in [3.8, 4) is 23.1 Å². The highest BCUT2D eigenvalue weighted by Crippen LogP contribution is 2.36. The molecule has 1 saturated heterocycles. The second kappa shape index (κ2) is 8.41. The molecule has 1 aromatic heterocycles. The average Bonchev–Trinajstić information content (AvgIpc) is 3.35. The molecule has 0 bridgehead atoms.